The number of amides is 1. The molecule has 0 fully saturated rings. The average Bonchev–Trinajstić information content (AvgIpc) is 2.20. The van der Waals surface area contributed by atoms with Crippen molar-refractivity contribution in [2.24, 2.45) is 5.41 Å². The zero-order chi connectivity index (χ0) is 12.2. The summed E-state index contributed by atoms with van der Waals surface area (Å²) in [6.07, 6.45) is 1.65. The molecule has 1 aromatic rings. The quantitative estimate of drug-likeness (QED) is 0.824. The number of hydrogen-bond acceptors (Lipinski definition) is 3. The van der Waals surface area contributed by atoms with Crippen molar-refractivity contribution >= 4 is 17.4 Å². The van der Waals surface area contributed by atoms with E-state index in [2.05, 4.69) is 15.6 Å². The van der Waals surface area contributed by atoms with E-state index in [0.29, 0.717) is 0 Å². The normalized spacial score (nSPS) is 11.0. The number of hydrogen-bond donors (Lipinski definition) is 2. The van der Waals surface area contributed by atoms with Gasteiger partial charge in [0.2, 0.25) is 5.91 Å². The lowest BCUT2D eigenvalue weighted by atomic mass is 9.96. The van der Waals surface area contributed by atoms with Crippen LogP contribution in [0.25, 0.3) is 0 Å². The van der Waals surface area contributed by atoms with Gasteiger partial charge in [-0.2, -0.15) is 0 Å². The highest BCUT2D eigenvalue weighted by molar-refractivity contribution is 5.94. The largest absolute Gasteiger partial charge is 0.370 e. The number of carbonyl (C=O) groups excluding carboxylic acids is 1. The number of aromatic nitrogens is 1. The van der Waals surface area contributed by atoms with Crippen molar-refractivity contribution < 1.29 is 4.79 Å². The molecule has 0 spiro atoms. The lowest BCUT2D eigenvalue weighted by Gasteiger charge is -2.17. The Bertz CT molecular complexity index is 352. The number of rotatable bonds is 3. The molecule has 1 aromatic heterocycles. The lowest BCUT2D eigenvalue weighted by Crippen LogP contribution is -2.27. The number of anilines is 2. The van der Waals surface area contributed by atoms with E-state index < -0.39 is 0 Å². The van der Waals surface area contributed by atoms with Crippen molar-refractivity contribution in [1.29, 1.82) is 0 Å². The van der Waals surface area contributed by atoms with E-state index in [4.69, 9.17) is 0 Å². The summed E-state index contributed by atoms with van der Waals surface area (Å²) in [5, 5.41) is 5.92. The van der Waals surface area contributed by atoms with E-state index in [1.165, 1.54) is 0 Å². The van der Waals surface area contributed by atoms with Crippen molar-refractivity contribution in [1.82, 2.24) is 4.98 Å². The van der Waals surface area contributed by atoms with Crippen LogP contribution in [0.5, 0.6) is 0 Å². The number of carbonyl (C=O) groups is 1. The third-order valence-corrected chi connectivity index (χ3v) is 2.06. The van der Waals surface area contributed by atoms with Crippen molar-refractivity contribution in [2.75, 3.05) is 17.2 Å². The minimum absolute atomic E-state index is 0.00880. The van der Waals surface area contributed by atoms with Gasteiger partial charge in [-0.3, -0.25) is 4.79 Å². The van der Waals surface area contributed by atoms with E-state index in [1.807, 2.05) is 39.8 Å². The van der Waals surface area contributed by atoms with E-state index >= 15 is 0 Å². The zero-order valence-electron chi connectivity index (χ0n) is 10.3. The summed E-state index contributed by atoms with van der Waals surface area (Å²) >= 11 is 0. The molecule has 4 nitrogen and oxygen atoms in total. The van der Waals surface area contributed by atoms with Crippen LogP contribution in [0, 0.1) is 5.41 Å². The van der Waals surface area contributed by atoms with Crippen LogP contribution in [0.1, 0.15) is 27.7 Å². The molecule has 0 radical (unpaired) electrons. The predicted octanol–water partition coefficient (Wildman–Crippen LogP) is 2.50. The fourth-order valence-corrected chi connectivity index (χ4v) is 1.07. The van der Waals surface area contributed by atoms with Gasteiger partial charge in [-0.15, -0.1) is 0 Å². The Balaban J connectivity index is 2.65. The van der Waals surface area contributed by atoms with Crippen LogP contribution in [0.3, 0.4) is 0 Å². The molecule has 2 N–H and O–H groups in total. The zero-order valence-corrected chi connectivity index (χ0v) is 10.3. The molecule has 88 valence electrons. The van der Waals surface area contributed by atoms with Gasteiger partial charge in [-0.1, -0.05) is 20.8 Å². The molecule has 1 rings (SSSR count). The van der Waals surface area contributed by atoms with Crippen LogP contribution in [0.2, 0.25) is 0 Å². The second kappa shape index (κ2) is 4.96. The molecular weight excluding hydrogens is 202 g/mol. The summed E-state index contributed by atoms with van der Waals surface area (Å²) in [5.41, 5.74) is 0.335. The molecule has 0 unspecified atom stereocenters. The van der Waals surface area contributed by atoms with E-state index in [9.17, 15) is 4.79 Å². The minimum atomic E-state index is -0.389. The molecule has 0 saturated carbocycles. The first-order valence-electron chi connectivity index (χ1n) is 5.45. The fourth-order valence-electron chi connectivity index (χ4n) is 1.07. The fraction of sp³-hybridized carbons (Fsp3) is 0.500. The maximum absolute atomic E-state index is 11.7. The molecule has 0 aliphatic carbocycles. The predicted molar refractivity (Wildman–Crippen MR) is 66.5 cm³/mol. The SMILES string of the molecule is CCNc1ccc(NC(=O)C(C)(C)C)cn1. The van der Waals surface area contributed by atoms with Gasteiger partial charge in [0.05, 0.1) is 11.9 Å². The molecular formula is C12H19N3O. The topological polar surface area (TPSA) is 54.0 Å². The highest BCUT2D eigenvalue weighted by atomic mass is 16.2. The van der Waals surface area contributed by atoms with Crippen LogP contribution in [-0.4, -0.2) is 17.4 Å². The molecule has 0 bridgehead atoms. The van der Waals surface area contributed by atoms with Crippen LogP contribution in [-0.2, 0) is 4.79 Å². The third kappa shape index (κ3) is 3.53. The molecule has 0 atom stereocenters. The van der Waals surface area contributed by atoms with Crippen molar-refractivity contribution in [3.63, 3.8) is 0 Å². The lowest BCUT2D eigenvalue weighted by molar-refractivity contribution is -0.123. The maximum atomic E-state index is 11.7. The van der Waals surface area contributed by atoms with Crippen LogP contribution < -0.4 is 10.6 Å². The highest BCUT2D eigenvalue weighted by Crippen LogP contribution is 2.17. The Morgan fingerprint density at radius 3 is 2.50 bits per heavy atom. The molecule has 4 heteroatoms. The standard InChI is InChI=1S/C12H19N3O/c1-5-13-10-7-6-9(8-14-10)15-11(16)12(2,3)4/h6-8H,5H2,1-4H3,(H,13,14)(H,15,16). The first kappa shape index (κ1) is 12.5. The van der Waals surface area contributed by atoms with Crippen molar-refractivity contribution in [3.8, 4) is 0 Å². The Morgan fingerprint density at radius 2 is 2.06 bits per heavy atom. The van der Waals surface area contributed by atoms with Gasteiger partial charge in [0, 0.05) is 12.0 Å². The van der Waals surface area contributed by atoms with Crippen molar-refractivity contribution in [2.45, 2.75) is 27.7 Å². The Labute approximate surface area is 96.5 Å². The monoisotopic (exact) mass is 221 g/mol. The van der Waals surface area contributed by atoms with Crippen molar-refractivity contribution in [3.05, 3.63) is 18.3 Å². The van der Waals surface area contributed by atoms with Gasteiger partial charge >= 0.3 is 0 Å². The second-order valence-electron chi connectivity index (χ2n) is 4.67. The Hall–Kier alpha value is -1.58. The number of nitrogens with zero attached hydrogens (tertiary/aromatic N) is 1. The summed E-state index contributed by atoms with van der Waals surface area (Å²) in [6, 6.07) is 3.69. The first-order valence-corrected chi connectivity index (χ1v) is 5.45. The maximum Gasteiger partial charge on any atom is 0.229 e. The summed E-state index contributed by atoms with van der Waals surface area (Å²) in [4.78, 5) is 15.9. The third-order valence-electron chi connectivity index (χ3n) is 2.06. The van der Waals surface area contributed by atoms with E-state index in [-0.39, 0.29) is 11.3 Å². The second-order valence-corrected chi connectivity index (χ2v) is 4.67. The smallest absolute Gasteiger partial charge is 0.229 e. The molecule has 0 saturated heterocycles. The van der Waals surface area contributed by atoms with Crippen LogP contribution in [0.15, 0.2) is 18.3 Å². The van der Waals surface area contributed by atoms with Crippen LogP contribution in [0.4, 0.5) is 11.5 Å². The van der Waals surface area contributed by atoms with E-state index in [0.717, 1.165) is 18.1 Å². The summed E-state index contributed by atoms with van der Waals surface area (Å²) in [7, 11) is 0. The molecule has 0 aliphatic heterocycles. The first-order chi connectivity index (χ1) is 7.43. The summed E-state index contributed by atoms with van der Waals surface area (Å²) in [6.45, 7) is 8.48. The molecule has 1 amide bonds. The van der Waals surface area contributed by atoms with Gasteiger partial charge in [-0.05, 0) is 19.1 Å². The number of pyridine rings is 1. The molecule has 0 aliphatic rings. The molecule has 16 heavy (non-hydrogen) atoms. The van der Waals surface area contributed by atoms with Gasteiger partial charge < -0.3 is 10.6 Å². The van der Waals surface area contributed by atoms with E-state index in [1.54, 1.807) is 6.20 Å². The minimum Gasteiger partial charge on any atom is -0.370 e. The summed E-state index contributed by atoms with van der Waals surface area (Å²) < 4.78 is 0. The highest BCUT2D eigenvalue weighted by Gasteiger charge is 2.21. The van der Waals surface area contributed by atoms with Gasteiger partial charge in [-0.25, -0.2) is 4.98 Å². The Morgan fingerprint density at radius 1 is 1.38 bits per heavy atom. The summed E-state index contributed by atoms with van der Waals surface area (Å²) in [5.74, 6) is 0.807. The van der Waals surface area contributed by atoms with Gasteiger partial charge in [0.15, 0.2) is 0 Å². The van der Waals surface area contributed by atoms with Gasteiger partial charge in [0.1, 0.15) is 5.82 Å². The van der Waals surface area contributed by atoms with Crippen LogP contribution >= 0.6 is 0 Å². The Kier molecular flexibility index (Phi) is 3.88. The average molecular weight is 221 g/mol. The molecule has 1 heterocycles. The molecule has 0 aromatic carbocycles. The van der Waals surface area contributed by atoms with Gasteiger partial charge in [0.25, 0.3) is 0 Å². The number of nitrogens with one attached hydrogen (secondary N) is 2.